The molecule has 104 valence electrons. The molecule has 1 saturated heterocycles. The van der Waals surface area contributed by atoms with Crippen LogP contribution in [0.1, 0.15) is 37.4 Å². The molecule has 0 spiro atoms. The molecule has 0 amide bonds. The Morgan fingerprint density at radius 1 is 1.37 bits per heavy atom. The second-order valence-electron chi connectivity index (χ2n) is 5.75. The predicted octanol–water partition coefficient (Wildman–Crippen LogP) is 1.08. The van der Waals surface area contributed by atoms with Crippen molar-refractivity contribution in [2.45, 2.75) is 31.6 Å². The summed E-state index contributed by atoms with van der Waals surface area (Å²) in [5.74, 6) is 3.01. The first-order valence-corrected chi connectivity index (χ1v) is 7.27. The Labute approximate surface area is 113 Å². The van der Waals surface area contributed by atoms with Crippen LogP contribution in [-0.2, 0) is 0 Å². The van der Waals surface area contributed by atoms with Gasteiger partial charge in [-0.2, -0.15) is 0 Å². The lowest BCUT2D eigenvalue weighted by Gasteiger charge is -2.32. The van der Waals surface area contributed by atoms with Crippen LogP contribution < -0.4 is 15.8 Å². The lowest BCUT2D eigenvalue weighted by molar-refractivity contribution is 0.392. The predicted molar refractivity (Wildman–Crippen MR) is 75.7 cm³/mol. The van der Waals surface area contributed by atoms with Crippen molar-refractivity contribution < 1.29 is 0 Å². The fourth-order valence-corrected chi connectivity index (χ4v) is 2.83. The summed E-state index contributed by atoms with van der Waals surface area (Å²) in [6, 6.07) is 1.64. The molecule has 2 heterocycles. The van der Waals surface area contributed by atoms with Crippen LogP contribution in [0.5, 0.6) is 0 Å². The summed E-state index contributed by atoms with van der Waals surface area (Å²) in [6.07, 6.45) is 4.68. The summed E-state index contributed by atoms with van der Waals surface area (Å²) in [4.78, 5) is 21.5. The minimum Gasteiger partial charge on any atom is -0.356 e. The van der Waals surface area contributed by atoms with Gasteiger partial charge in [-0.3, -0.25) is 4.79 Å². The van der Waals surface area contributed by atoms with E-state index in [4.69, 9.17) is 0 Å². The minimum atomic E-state index is -0.00996. The van der Waals surface area contributed by atoms with Crippen LogP contribution >= 0.6 is 0 Å². The minimum absolute atomic E-state index is 0.00996. The molecule has 1 aromatic rings. The second-order valence-corrected chi connectivity index (χ2v) is 5.75. The topological polar surface area (TPSA) is 61.0 Å². The molecule has 2 aliphatic rings. The SMILES string of the molecule is CNCC1CCN(c2cc(=O)[nH]c(C3CC3)n2)CC1. The number of H-pyrrole nitrogens is 1. The van der Waals surface area contributed by atoms with E-state index in [9.17, 15) is 4.79 Å². The quantitative estimate of drug-likeness (QED) is 0.852. The van der Waals surface area contributed by atoms with E-state index < -0.39 is 0 Å². The van der Waals surface area contributed by atoms with Crippen LogP contribution in [0.3, 0.4) is 0 Å². The van der Waals surface area contributed by atoms with Crippen molar-refractivity contribution in [3.63, 3.8) is 0 Å². The number of hydrogen-bond donors (Lipinski definition) is 2. The maximum Gasteiger partial charge on any atom is 0.252 e. The number of nitrogens with zero attached hydrogens (tertiary/aromatic N) is 2. The van der Waals surface area contributed by atoms with Gasteiger partial charge < -0.3 is 15.2 Å². The molecule has 0 radical (unpaired) electrons. The Hall–Kier alpha value is -1.36. The van der Waals surface area contributed by atoms with E-state index in [0.717, 1.165) is 50.0 Å². The molecule has 3 rings (SSSR count). The Morgan fingerprint density at radius 2 is 2.11 bits per heavy atom. The highest BCUT2D eigenvalue weighted by atomic mass is 16.1. The molecule has 5 heteroatoms. The summed E-state index contributed by atoms with van der Waals surface area (Å²) >= 11 is 0. The molecule has 1 aliphatic heterocycles. The maximum atomic E-state index is 11.7. The molecule has 0 bridgehead atoms. The summed E-state index contributed by atoms with van der Waals surface area (Å²) in [5.41, 5.74) is -0.00996. The van der Waals surface area contributed by atoms with Crippen LogP contribution in [0.2, 0.25) is 0 Å². The molecule has 1 aliphatic carbocycles. The van der Waals surface area contributed by atoms with Crippen LogP contribution in [0, 0.1) is 5.92 Å². The van der Waals surface area contributed by atoms with Crippen molar-refractivity contribution in [1.82, 2.24) is 15.3 Å². The average Bonchev–Trinajstić information content (AvgIpc) is 3.23. The highest BCUT2D eigenvalue weighted by Crippen LogP contribution is 2.38. The molecule has 2 N–H and O–H groups in total. The highest BCUT2D eigenvalue weighted by Gasteiger charge is 2.27. The van der Waals surface area contributed by atoms with Gasteiger partial charge in [0.15, 0.2) is 0 Å². The summed E-state index contributed by atoms with van der Waals surface area (Å²) < 4.78 is 0. The molecule has 0 aromatic carbocycles. The van der Waals surface area contributed by atoms with Gasteiger partial charge in [-0.25, -0.2) is 4.98 Å². The van der Waals surface area contributed by atoms with Crippen molar-refractivity contribution >= 4 is 5.82 Å². The molecule has 2 fully saturated rings. The second kappa shape index (κ2) is 5.33. The van der Waals surface area contributed by atoms with E-state index in [-0.39, 0.29) is 5.56 Å². The summed E-state index contributed by atoms with van der Waals surface area (Å²) in [5, 5.41) is 3.24. The number of hydrogen-bond acceptors (Lipinski definition) is 4. The lowest BCUT2D eigenvalue weighted by Crippen LogP contribution is -2.37. The highest BCUT2D eigenvalue weighted by molar-refractivity contribution is 5.38. The molecular formula is C14H22N4O. The van der Waals surface area contributed by atoms with Crippen LogP contribution in [0.4, 0.5) is 5.82 Å². The van der Waals surface area contributed by atoms with Gasteiger partial charge >= 0.3 is 0 Å². The fraction of sp³-hybridized carbons (Fsp3) is 0.714. The summed E-state index contributed by atoms with van der Waals surface area (Å²) in [7, 11) is 2.01. The Bertz CT molecular complexity index is 486. The van der Waals surface area contributed by atoms with Crippen molar-refractivity contribution in [3.8, 4) is 0 Å². The van der Waals surface area contributed by atoms with Gasteiger partial charge in [0.2, 0.25) is 0 Å². The molecule has 0 unspecified atom stereocenters. The van der Waals surface area contributed by atoms with Crippen LogP contribution in [0.25, 0.3) is 0 Å². The van der Waals surface area contributed by atoms with E-state index >= 15 is 0 Å². The largest absolute Gasteiger partial charge is 0.356 e. The molecule has 5 nitrogen and oxygen atoms in total. The van der Waals surface area contributed by atoms with E-state index in [2.05, 4.69) is 20.2 Å². The molecule has 1 saturated carbocycles. The monoisotopic (exact) mass is 262 g/mol. The third-order valence-corrected chi connectivity index (χ3v) is 4.14. The summed E-state index contributed by atoms with van der Waals surface area (Å²) in [6.45, 7) is 3.10. The normalized spacial score (nSPS) is 20.8. The van der Waals surface area contributed by atoms with Gasteiger partial charge in [-0.1, -0.05) is 0 Å². The first-order valence-electron chi connectivity index (χ1n) is 7.27. The molecular weight excluding hydrogens is 240 g/mol. The number of anilines is 1. The van der Waals surface area contributed by atoms with E-state index in [1.54, 1.807) is 6.07 Å². The number of rotatable bonds is 4. The van der Waals surface area contributed by atoms with Gasteiger partial charge in [-0.15, -0.1) is 0 Å². The Morgan fingerprint density at radius 3 is 2.74 bits per heavy atom. The van der Waals surface area contributed by atoms with Crippen molar-refractivity contribution in [1.29, 1.82) is 0 Å². The zero-order valence-electron chi connectivity index (χ0n) is 11.5. The van der Waals surface area contributed by atoms with Crippen molar-refractivity contribution in [2.24, 2.45) is 5.92 Å². The number of nitrogens with one attached hydrogen (secondary N) is 2. The maximum absolute atomic E-state index is 11.7. The number of piperidine rings is 1. The van der Waals surface area contributed by atoms with Crippen molar-refractivity contribution in [2.75, 3.05) is 31.6 Å². The van der Waals surface area contributed by atoms with E-state index in [1.165, 1.54) is 12.8 Å². The van der Waals surface area contributed by atoms with E-state index in [0.29, 0.717) is 5.92 Å². The molecule has 1 aromatic heterocycles. The molecule has 19 heavy (non-hydrogen) atoms. The van der Waals surface area contributed by atoms with Gasteiger partial charge in [0, 0.05) is 25.1 Å². The van der Waals surface area contributed by atoms with Gasteiger partial charge in [0.05, 0.1) is 0 Å². The molecule has 0 atom stereocenters. The first-order chi connectivity index (χ1) is 9.26. The van der Waals surface area contributed by atoms with Crippen LogP contribution in [0.15, 0.2) is 10.9 Å². The zero-order valence-corrected chi connectivity index (χ0v) is 11.5. The third kappa shape index (κ3) is 2.97. The Kier molecular flexibility index (Phi) is 3.55. The van der Waals surface area contributed by atoms with Crippen molar-refractivity contribution in [3.05, 3.63) is 22.2 Å². The lowest BCUT2D eigenvalue weighted by atomic mass is 9.97. The van der Waals surface area contributed by atoms with Gasteiger partial charge in [-0.05, 0) is 45.2 Å². The first kappa shape index (κ1) is 12.7. The number of aromatic nitrogens is 2. The van der Waals surface area contributed by atoms with Crippen LogP contribution in [-0.4, -0.2) is 36.6 Å². The average molecular weight is 262 g/mol. The van der Waals surface area contributed by atoms with Gasteiger partial charge in [0.25, 0.3) is 5.56 Å². The zero-order chi connectivity index (χ0) is 13.2. The van der Waals surface area contributed by atoms with Gasteiger partial charge in [0.1, 0.15) is 11.6 Å². The Balaban J connectivity index is 1.70. The standard InChI is InChI=1S/C14H22N4O/c1-15-9-10-4-6-18(7-5-10)12-8-13(19)17-14(16-12)11-2-3-11/h8,10-11,15H,2-7,9H2,1H3,(H,16,17,19). The third-order valence-electron chi connectivity index (χ3n) is 4.14. The number of aromatic amines is 1. The fourth-order valence-electron chi connectivity index (χ4n) is 2.83. The smallest absolute Gasteiger partial charge is 0.252 e. The van der Waals surface area contributed by atoms with E-state index in [1.807, 2.05) is 7.05 Å².